The molecule has 0 spiro atoms. The van der Waals surface area contributed by atoms with Gasteiger partial charge in [0.1, 0.15) is 0 Å². The van der Waals surface area contributed by atoms with Crippen molar-refractivity contribution in [3.05, 3.63) is 29.3 Å². The van der Waals surface area contributed by atoms with E-state index in [4.69, 9.17) is 4.74 Å². The third kappa shape index (κ3) is 2.99. The minimum absolute atomic E-state index is 0.385. The minimum atomic E-state index is -3.37. The maximum Gasteiger partial charge on any atom is 0.243 e. The Hall–Kier alpha value is -0.910. The third-order valence-corrected chi connectivity index (χ3v) is 5.37. The zero-order valence-electron chi connectivity index (χ0n) is 11.7. The fourth-order valence-corrected chi connectivity index (χ4v) is 3.89. The van der Waals surface area contributed by atoms with Crippen molar-refractivity contribution in [3.63, 3.8) is 0 Å². The van der Waals surface area contributed by atoms with Crippen molar-refractivity contribution in [1.82, 2.24) is 4.31 Å². The number of aryl methyl sites for hydroxylation is 1. The Morgan fingerprint density at radius 3 is 2.37 bits per heavy atom. The first-order valence-electron chi connectivity index (χ1n) is 6.61. The first-order valence-corrected chi connectivity index (χ1v) is 8.05. The van der Waals surface area contributed by atoms with Crippen LogP contribution in [0, 0.1) is 6.92 Å². The number of nitrogens with zero attached hydrogens (tertiary/aromatic N) is 1. The van der Waals surface area contributed by atoms with Gasteiger partial charge in [0.15, 0.2) is 0 Å². The van der Waals surface area contributed by atoms with Crippen LogP contribution < -0.4 is 0 Å². The summed E-state index contributed by atoms with van der Waals surface area (Å²) in [6.45, 7) is 8.01. The summed E-state index contributed by atoms with van der Waals surface area (Å²) in [4.78, 5) is 0.385. The van der Waals surface area contributed by atoms with Crippen LogP contribution in [-0.2, 0) is 14.8 Å². The second-order valence-corrected chi connectivity index (χ2v) is 7.13. The van der Waals surface area contributed by atoms with E-state index in [1.54, 1.807) is 12.1 Å². The number of benzene rings is 1. The van der Waals surface area contributed by atoms with Crippen LogP contribution in [0.15, 0.2) is 23.1 Å². The molecule has 1 aliphatic heterocycles. The maximum atomic E-state index is 12.5. The van der Waals surface area contributed by atoms with Crippen molar-refractivity contribution in [2.24, 2.45) is 0 Å². The van der Waals surface area contributed by atoms with E-state index >= 15 is 0 Å². The SMILES string of the molecule is Cc1cc(S(=O)(=O)N2CCOCC2)ccc1C(C)C. The minimum Gasteiger partial charge on any atom is -0.379 e. The molecule has 106 valence electrons. The quantitative estimate of drug-likeness (QED) is 0.854. The number of sulfonamides is 1. The monoisotopic (exact) mass is 283 g/mol. The summed E-state index contributed by atoms with van der Waals surface area (Å²) >= 11 is 0. The lowest BCUT2D eigenvalue weighted by molar-refractivity contribution is 0.0730. The van der Waals surface area contributed by atoms with Gasteiger partial charge in [0.05, 0.1) is 18.1 Å². The molecule has 5 heteroatoms. The van der Waals surface area contributed by atoms with Gasteiger partial charge in [-0.1, -0.05) is 19.9 Å². The summed E-state index contributed by atoms with van der Waals surface area (Å²) < 4.78 is 31.7. The number of morpholine rings is 1. The van der Waals surface area contributed by atoms with E-state index in [0.717, 1.165) is 5.56 Å². The molecular weight excluding hydrogens is 262 g/mol. The van der Waals surface area contributed by atoms with E-state index in [2.05, 4.69) is 13.8 Å². The molecule has 1 aromatic rings. The lowest BCUT2D eigenvalue weighted by atomic mass is 9.98. The lowest BCUT2D eigenvalue weighted by Gasteiger charge is -2.26. The molecule has 1 saturated heterocycles. The van der Waals surface area contributed by atoms with E-state index in [0.29, 0.717) is 37.1 Å². The van der Waals surface area contributed by atoms with Gasteiger partial charge in [-0.05, 0) is 36.1 Å². The second kappa shape index (κ2) is 5.61. The summed E-state index contributed by atoms with van der Waals surface area (Å²) in [7, 11) is -3.37. The molecule has 2 rings (SSSR count). The molecule has 0 aromatic heterocycles. The Morgan fingerprint density at radius 1 is 1.21 bits per heavy atom. The fourth-order valence-electron chi connectivity index (χ4n) is 2.39. The highest BCUT2D eigenvalue weighted by atomic mass is 32.2. The summed E-state index contributed by atoms with van der Waals surface area (Å²) in [5.41, 5.74) is 2.23. The van der Waals surface area contributed by atoms with Gasteiger partial charge in [-0.15, -0.1) is 0 Å². The molecule has 0 aliphatic carbocycles. The molecule has 0 bridgehead atoms. The van der Waals surface area contributed by atoms with E-state index in [1.165, 1.54) is 9.87 Å². The molecule has 1 aliphatic rings. The molecule has 4 nitrogen and oxygen atoms in total. The number of rotatable bonds is 3. The Morgan fingerprint density at radius 2 is 1.84 bits per heavy atom. The highest BCUT2D eigenvalue weighted by Gasteiger charge is 2.26. The predicted octanol–water partition coefficient (Wildman–Crippen LogP) is 2.14. The Labute approximate surface area is 115 Å². The Bertz CT molecular complexity index is 546. The van der Waals surface area contributed by atoms with E-state index in [1.807, 2.05) is 13.0 Å². The van der Waals surface area contributed by atoms with E-state index in [-0.39, 0.29) is 0 Å². The molecule has 0 atom stereocenters. The third-order valence-electron chi connectivity index (χ3n) is 3.47. The van der Waals surface area contributed by atoms with Crippen molar-refractivity contribution in [2.75, 3.05) is 26.3 Å². The van der Waals surface area contributed by atoms with Crippen LogP contribution in [0.25, 0.3) is 0 Å². The molecule has 1 aromatic carbocycles. The predicted molar refractivity (Wildman–Crippen MR) is 74.8 cm³/mol. The Kier molecular flexibility index (Phi) is 4.28. The summed E-state index contributed by atoms with van der Waals surface area (Å²) in [5, 5.41) is 0. The van der Waals surface area contributed by atoms with Gasteiger partial charge >= 0.3 is 0 Å². The summed E-state index contributed by atoms with van der Waals surface area (Å²) in [6.07, 6.45) is 0. The van der Waals surface area contributed by atoms with Gasteiger partial charge in [-0.2, -0.15) is 4.31 Å². The van der Waals surface area contributed by atoms with E-state index < -0.39 is 10.0 Å². The van der Waals surface area contributed by atoms with Crippen molar-refractivity contribution < 1.29 is 13.2 Å². The zero-order chi connectivity index (χ0) is 14.0. The Balaban J connectivity index is 2.33. The molecular formula is C14H21NO3S. The van der Waals surface area contributed by atoms with Gasteiger partial charge in [0, 0.05) is 13.1 Å². The lowest BCUT2D eigenvalue weighted by Crippen LogP contribution is -2.40. The van der Waals surface area contributed by atoms with E-state index in [9.17, 15) is 8.42 Å². The summed E-state index contributed by atoms with van der Waals surface area (Å²) in [6, 6.07) is 5.42. The number of hydrogen-bond donors (Lipinski definition) is 0. The highest BCUT2D eigenvalue weighted by Crippen LogP contribution is 2.24. The number of hydrogen-bond acceptors (Lipinski definition) is 3. The van der Waals surface area contributed by atoms with Crippen molar-refractivity contribution in [3.8, 4) is 0 Å². The standard InChI is InChI=1S/C14H21NO3S/c1-11(2)14-5-4-13(10-12(14)3)19(16,17)15-6-8-18-9-7-15/h4-5,10-11H,6-9H2,1-3H3. The number of ether oxygens (including phenoxy) is 1. The van der Waals surface area contributed by atoms with Crippen LogP contribution in [0.3, 0.4) is 0 Å². The first-order chi connectivity index (χ1) is 8.93. The maximum absolute atomic E-state index is 12.5. The van der Waals surface area contributed by atoms with Gasteiger partial charge < -0.3 is 4.74 Å². The molecule has 19 heavy (non-hydrogen) atoms. The fraction of sp³-hybridized carbons (Fsp3) is 0.571. The zero-order valence-corrected chi connectivity index (χ0v) is 12.5. The average molecular weight is 283 g/mol. The van der Waals surface area contributed by atoms with Gasteiger partial charge in [0.2, 0.25) is 10.0 Å². The van der Waals surface area contributed by atoms with Gasteiger partial charge in [0.25, 0.3) is 0 Å². The highest BCUT2D eigenvalue weighted by molar-refractivity contribution is 7.89. The van der Waals surface area contributed by atoms with Crippen molar-refractivity contribution in [1.29, 1.82) is 0 Å². The van der Waals surface area contributed by atoms with Gasteiger partial charge in [-0.3, -0.25) is 0 Å². The molecule has 1 fully saturated rings. The van der Waals surface area contributed by atoms with Crippen molar-refractivity contribution >= 4 is 10.0 Å². The molecule has 0 amide bonds. The molecule has 0 radical (unpaired) electrons. The second-order valence-electron chi connectivity index (χ2n) is 5.19. The average Bonchev–Trinajstić information content (AvgIpc) is 2.39. The van der Waals surface area contributed by atoms with Gasteiger partial charge in [-0.25, -0.2) is 8.42 Å². The summed E-state index contributed by atoms with van der Waals surface area (Å²) in [5.74, 6) is 0.403. The van der Waals surface area contributed by atoms with Crippen molar-refractivity contribution in [2.45, 2.75) is 31.6 Å². The molecule has 0 unspecified atom stereocenters. The van der Waals surface area contributed by atoms with Crippen LogP contribution >= 0.6 is 0 Å². The smallest absolute Gasteiger partial charge is 0.243 e. The largest absolute Gasteiger partial charge is 0.379 e. The molecule has 0 N–H and O–H groups in total. The first kappa shape index (κ1) is 14.5. The van der Waals surface area contributed by atoms with Crippen LogP contribution in [0.5, 0.6) is 0 Å². The topological polar surface area (TPSA) is 46.6 Å². The normalized spacial score (nSPS) is 17.9. The van der Waals surface area contributed by atoms with Crippen LogP contribution in [-0.4, -0.2) is 39.0 Å². The van der Waals surface area contributed by atoms with Crippen LogP contribution in [0.4, 0.5) is 0 Å². The van der Waals surface area contributed by atoms with Crippen LogP contribution in [0.1, 0.15) is 30.9 Å². The molecule has 0 saturated carbocycles. The molecule has 1 heterocycles. The van der Waals surface area contributed by atoms with Crippen LogP contribution in [0.2, 0.25) is 0 Å².